The van der Waals surface area contributed by atoms with Crippen LogP contribution in [0, 0.1) is 13.8 Å². The largest absolute Gasteiger partial charge is 0.479 e. The first-order valence-electron chi connectivity index (χ1n) is 17.3. The minimum Gasteiger partial charge on any atom is -0.479 e. The molecule has 0 aliphatic carbocycles. The maximum Gasteiger partial charge on any atom is 0.332 e. The van der Waals surface area contributed by atoms with Crippen molar-refractivity contribution in [1.82, 2.24) is 4.90 Å². The zero-order valence-corrected chi connectivity index (χ0v) is 27.6. The van der Waals surface area contributed by atoms with Crippen LogP contribution in [-0.4, -0.2) is 52.2 Å². The Kier molecular flexibility index (Phi) is 22.2. The molecule has 1 saturated heterocycles. The molecule has 6 heteroatoms. The van der Waals surface area contributed by atoms with Crippen molar-refractivity contribution in [2.75, 3.05) is 18.4 Å². The van der Waals surface area contributed by atoms with Gasteiger partial charge in [0, 0.05) is 5.69 Å². The van der Waals surface area contributed by atoms with Crippen molar-refractivity contribution in [2.45, 2.75) is 168 Å². The van der Waals surface area contributed by atoms with Crippen LogP contribution in [0.3, 0.4) is 0 Å². The molecule has 0 aromatic heterocycles. The molecule has 2 rings (SSSR count). The van der Waals surface area contributed by atoms with Crippen molar-refractivity contribution in [3.8, 4) is 0 Å². The predicted molar refractivity (Wildman–Crippen MR) is 177 cm³/mol. The molecule has 0 saturated carbocycles. The van der Waals surface area contributed by atoms with E-state index in [2.05, 4.69) is 50.0 Å². The molecule has 1 heterocycles. The summed E-state index contributed by atoms with van der Waals surface area (Å²) < 4.78 is 0. The number of nitrogens with one attached hydrogen (secondary N) is 1. The average Bonchev–Trinajstić information content (AvgIpc) is 2.98. The fourth-order valence-electron chi connectivity index (χ4n) is 5.79. The molecule has 3 N–H and O–H groups in total. The molecule has 0 radical (unpaired) electrons. The second-order valence-electron chi connectivity index (χ2n) is 12.4. The molecule has 1 aliphatic heterocycles. The van der Waals surface area contributed by atoms with Crippen LogP contribution in [0.1, 0.15) is 153 Å². The van der Waals surface area contributed by atoms with Crippen LogP contribution in [-0.2, 0) is 9.59 Å². The molecule has 1 amide bonds. The Morgan fingerprint density at radius 1 is 0.810 bits per heavy atom. The van der Waals surface area contributed by atoms with Gasteiger partial charge in [0.15, 0.2) is 6.10 Å². The first-order valence-corrected chi connectivity index (χ1v) is 17.3. The molecule has 1 aromatic rings. The highest BCUT2D eigenvalue weighted by Gasteiger charge is 2.28. The highest BCUT2D eigenvalue weighted by molar-refractivity contribution is 5.96. The summed E-state index contributed by atoms with van der Waals surface area (Å²) in [6, 6.07) is 6.19. The van der Waals surface area contributed by atoms with E-state index in [0.29, 0.717) is 6.42 Å². The van der Waals surface area contributed by atoms with Crippen LogP contribution >= 0.6 is 0 Å². The number of unbranched alkanes of at least 4 members (excludes halogenated alkanes) is 14. The van der Waals surface area contributed by atoms with Gasteiger partial charge in [-0.2, -0.15) is 0 Å². The lowest BCUT2D eigenvalue weighted by Gasteiger charge is -2.34. The summed E-state index contributed by atoms with van der Waals surface area (Å²) in [4.78, 5) is 25.5. The van der Waals surface area contributed by atoms with Gasteiger partial charge in [0.1, 0.15) is 0 Å². The number of rotatable bonds is 21. The van der Waals surface area contributed by atoms with Gasteiger partial charge in [-0.15, -0.1) is 0 Å². The zero-order chi connectivity index (χ0) is 31.0. The number of hydrogen-bond acceptors (Lipinski definition) is 4. The smallest absolute Gasteiger partial charge is 0.332 e. The van der Waals surface area contributed by atoms with E-state index in [-0.39, 0.29) is 11.9 Å². The molecule has 6 nitrogen and oxygen atoms in total. The van der Waals surface area contributed by atoms with Crippen LogP contribution in [0.2, 0.25) is 0 Å². The highest BCUT2D eigenvalue weighted by Crippen LogP contribution is 2.23. The van der Waals surface area contributed by atoms with E-state index in [9.17, 15) is 9.59 Å². The molecule has 1 fully saturated rings. The van der Waals surface area contributed by atoms with Gasteiger partial charge >= 0.3 is 5.97 Å². The number of para-hydroxylation sites is 1. The van der Waals surface area contributed by atoms with Gasteiger partial charge < -0.3 is 15.5 Å². The molecule has 0 bridgehead atoms. The van der Waals surface area contributed by atoms with Crippen molar-refractivity contribution in [3.05, 3.63) is 29.3 Å². The molecule has 2 atom stereocenters. The van der Waals surface area contributed by atoms with Gasteiger partial charge in [-0.1, -0.05) is 135 Å². The third kappa shape index (κ3) is 17.3. The van der Waals surface area contributed by atoms with Crippen molar-refractivity contribution in [2.24, 2.45) is 0 Å². The van der Waals surface area contributed by atoms with Crippen molar-refractivity contribution < 1.29 is 19.8 Å². The topological polar surface area (TPSA) is 89.9 Å². The van der Waals surface area contributed by atoms with Crippen LogP contribution < -0.4 is 5.32 Å². The number of anilines is 1. The average molecular weight is 589 g/mol. The van der Waals surface area contributed by atoms with E-state index in [1.165, 1.54) is 96.3 Å². The first-order chi connectivity index (χ1) is 20.3. The summed E-state index contributed by atoms with van der Waals surface area (Å²) >= 11 is 0. The number of carboxylic acids is 1. The number of aryl methyl sites for hydroxylation is 2. The number of carbonyl (C=O) groups is 2. The molecule has 0 spiro atoms. The number of carbonyl (C=O) groups excluding carboxylic acids is 1. The standard InChI is InChI=1S/C18H28N2O.C18H36O3/c1-4-5-12-20-13-7-6-11-16(20)18(21)19-17-14(2)9-8-10-15(17)3;1-2-3-4-5-6-7-8-9-10-11-12-13-14-15-16-17(19)18(20)21/h8-10,16H,4-7,11-13H2,1-3H3,(H,19,21);17,19H,2-16H2,1H3,(H,20,21). The highest BCUT2D eigenvalue weighted by atomic mass is 16.4. The summed E-state index contributed by atoms with van der Waals surface area (Å²) in [5.41, 5.74) is 3.27. The first kappa shape index (κ1) is 38.1. The lowest BCUT2D eigenvalue weighted by molar-refractivity contribution is -0.147. The number of aliphatic carboxylic acids is 1. The van der Waals surface area contributed by atoms with E-state index in [4.69, 9.17) is 10.2 Å². The minimum atomic E-state index is -1.16. The minimum absolute atomic E-state index is 0.0457. The van der Waals surface area contributed by atoms with Gasteiger partial charge in [0.05, 0.1) is 6.04 Å². The predicted octanol–water partition coefficient (Wildman–Crippen LogP) is 9.20. The number of benzene rings is 1. The van der Waals surface area contributed by atoms with E-state index < -0.39 is 12.1 Å². The Balaban J connectivity index is 0.000000420. The Bertz CT molecular complexity index is 823. The van der Waals surface area contributed by atoms with Crippen LogP contribution in [0.15, 0.2) is 18.2 Å². The second kappa shape index (κ2) is 24.5. The Morgan fingerprint density at radius 3 is 1.81 bits per heavy atom. The summed E-state index contributed by atoms with van der Waals surface area (Å²) in [7, 11) is 0. The summed E-state index contributed by atoms with van der Waals surface area (Å²) in [5, 5.41) is 20.8. The summed E-state index contributed by atoms with van der Waals surface area (Å²) in [5.74, 6) is -0.923. The molecule has 242 valence electrons. The molecule has 42 heavy (non-hydrogen) atoms. The van der Waals surface area contributed by atoms with E-state index in [1.807, 2.05) is 6.07 Å². The summed E-state index contributed by atoms with van der Waals surface area (Å²) in [6.45, 7) is 10.7. The molecular weight excluding hydrogens is 524 g/mol. The van der Waals surface area contributed by atoms with E-state index in [0.717, 1.165) is 55.6 Å². The maximum absolute atomic E-state index is 12.7. The third-order valence-electron chi connectivity index (χ3n) is 8.56. The molecule has 1 aromatic carbocycles. The fourth-order valence-corrected chi connectivity index (χ4v) is 5.79. The number of aliphatic hydroxyl groups is 1. The molecular formula is C36H64N2O4. The normalized spacial score (nSPS) is 16.0. The zero-order valence-electron chi connectivity index (χ0n) is 27.6. The van der Waals surface area contributed by atoms with Crippen molar-refractivity contribution in [3.63, 3.8) is 0 Å². The number of piperidine rings is 1. The second-order valence-corrected chi connectivity index (χ2v) is 12.4. The molecule has 2 unspecified atom stereocenters. The van der Waals surface area contributed by atoms with E-state index >= 15 is 0 Å². The Labute approximate surface area is 258 Å². The number of hydrogen-bond donors (Lipinski definition) is 3. The fraction of sp³-hybridized carbons (Fsp3) is 0.778. The SMILES string of the molecule is CCCCCCCCCCCCCCCCC(O)C(=O)O.CCCCN1CCCCC1C(=O)Nc1c(C)cccc1C. The number of nitrogens with zero attached hydrogens (tertiary/aromatic N) is 1. The lowest BCUT2D eigenvalue weighted by Crippen LogP contribution is -2.47. The Hall–Kier alpha value is -1.92. The van der Waals surface area contributed by atoms with E-state index in [1.54, 1.807) is 0 Å². The van der Waals surface area contributed by atoms with Crippen molar-refractivity contribution in [1.29, 1.82) is 0 Å². The third-order valence-corrected chi connectivity index (χ3v) is 8.56. The number of carboxylic acid groups (broad SMARTS) is 1. The van der Waals surface area contributed by atoms with Gasteiger partial charge in [-0.25, -0.2) is 4.79 Å². The maximum atomic E-state index is 12.7. The van der Waals surface area contributed by atoms with Crippen LogP contribution in [0.5, 0.6) is 0 Å². The van der Waals surface area contributed by atoms with Gasteiger partial charge in [0.2, 0.25) is 5.91 Å². The van der Waals surface area contributed by atoms with Gasteiger partial charge in [-0.05, 0) is 63.7 Å². The number of amides is 1. The van der Waals surface area contributed by atoms with Crippen LogP contribution in [0.25, 0.3) is 0 Å². The molecule has 1 aliphatic rings. The summed E-state index contributed by atoms with van der Waals surface area (Å²) in [6.07, 6.45) is 23.0. The number of likely N-dealkylation sites (tertiary alicyclic amines) is 1. The Morgan fingerprint density at radius 2 is 1.31 bits per heavy atom. The quantitative estimate of drug-likeness (QED) is 0.125. The number of aliphatic hydroxyl groups excluding tert-OH is 1. The van der Waals surface area contributed by atoms with Gasteiger partial charge in [0.25, 0.3) is 0 Å². The van der Waals surface area contributed by atoms with Crippen molar-refractivity contribution >= 4 is 17.6 Å². The van der Waals surface area contributed by atoms with Crippen LogP contribution in [0.4, 0.5) is 5.69 Å². The lowest BCUT2D eigenvalue weighted by atomic mass is 10.00. The monoisotopic (exact) mass is 588 g/mol. The van der Waals surface area contributed by atoms with Gasteiger partial charge in [-0.3, -0.25) is 9.69 Å².